The van der Waals surface area contributed by atoms with Gasteiger partial charge in [-0.25, -0.2) is 0 Å². The van der Waals surface area contributed by atoms with E-state index in [0.717, 1.165) is 17.1 Å². The van der Waals surface area contributed by atoms with Gasteiger partial charge in [0, 0.05) is 38.5 Å². The summed E-state index contributed by atoms with van der Waals surface area (Å²) in [5.41, 5.74) is 0. The lowest BCUT2D eigenvalue weighted by Gasteiger charge is -2.26. The van der Waals surface area contributed by atoms with Gasteiger partial charge in [0.25, 0.3) is 11.8 Å². The van der Waals surface area contributed by atoms with Crippen molar-refractivity contribution in [2.45, 2.75) is 58.7 Å². The van der Waals surface area contributed by atoms with Crippen molar-refractivity contribution in [1.82, 2.24) is 26.2 Å². The van der Waals surface area contributed by atoms with Crippen molar-refractivity contribution in [2.75, 3.05) is 13.3 Å². The van der Waals surface area contributed by atoms with Gasteiger partial charge >= 0.3 is 5.97 Å². The molecule has 0 bridgehead atoms. The van der Waals surface area contributed by atoms with E-state index in [1.165, 1.54) is 20.8 Å². The second-order valence-corrected chi connectivity index (χ2v) is 7.24. The Morgan fingerprint density at radius 1 is 0.909 bits per heavy atom. The van der Waals surface area contributed by atoms with Crippen molar-refractivity contribution < 1.29 is 38.3 Å². The highest BCUT2D eigenvalue weighted by atomic mass is 16.5. The molecule has 0 aliphatic carbocycles. The van der Waals surface area contributed by atoms with Crippen LogP contribution in [0.15, 0.2) is 12.2 Å². The lowest BCUT2D eigenvalue weighted by Crippen LogP contribution is -2.53. The van der Waals surface area contributed by atoms with Gasteiger partial charge in [0.15, 0.2) is 6.73 Å². The van der Waals surface area contributed by atoms with Crippen molar-refractivity contribution in [2.24, 2.45) is 0 Å². The minimum Gasteiger partial charge on any atom is -0.445 e. The van der Waals surface area contributed by atoms with Crippen LogP contribution in [0.4, 0.5) is 0 Å². The molecule has 1 aliphatic rings. The summed E-state index contributed by atoms with van der Waals surface area (Å²) >= 11 is 0. The molecule has 3 atom stereocenters. The van der Waals surface area contributed by atoms with Crippen LogP contribution in [0.5, 0.6) is 0 Å². The molecule has 0 aromatic heterocycles. The summed E-state index contributed by atoms with van der Waals surface area (Å²) in [6, 6.07) is -2.97. The number of imide groups is 1. The Kier molecular flexibility index (Phi) is 10.7. The highest BCUT2D eigenvalue weighted by Gasteiger charge is 2.33. The van der Waals surface area contributed by atoms with Gasteiger partial charge in [-0.15, -0.1) is 0 Å². The van der Waals surface area contributed by atoms with E-state index >= 15 is 0 Å². The molecule has 33 heavy (non-hydrogen) atoms. The highest BCUT2D eigenvalue weighted by molar-refractivity contribution is 6.13. The Balaban J connectivity index is 2.64. The van der Waals surface area contributed by atoms with Crippen molar-refractivity contribution >= 4 is 41.4 Å². The van der Waals surface area contributed by atoms with Crippen LogP contribution in [-0.4, -0.2) is 77.7 Å². The Labute approximate surface area is 190 Å². The first-order valence-corrected chi connectivity index (χ1v) is 10.3. The summed E-state index contributed by atoms with van der Waals surface area (Å²) in [4.78, 5) is 83.8. The maximum absolute atomic E-state index is 12.5. The number of rotatable bonds is 12. The fourth-order valence-corrected chi connectivity index (χ4v) is 2.73. The predicted molar refractivity (Wildman–Crippen MR) is 113 cm³/mol. The topological polar surface area (TPSA) is 180 Å². The first kappa shape index (κ1) is 27.3. The molecule has 1 rings (SSSR count). The minimum atomic E-state index is -1.05. The van der Waals surface area contributed by atoms with Crippen LogP contribution in [0.3, 0.4) is 0 Å². The average Bonchev–Trinajstić information content (AvgIpc) is 3.08. The van der Waals surface area contributed by atoms with E-state index in [-0.39, 0.29) is 32.0 Å². The Bertz CT molecular complexity index is 822. The van der Waals surface area contributed by atoms with E-state index in [2.05, 4.69) is 26.0 Å². The van der Waals surface area contributed by atoms with Gasteiger partial charge in [0.05, 0.1) is 6.04 Å². The van der Waals surface area contributed by atoms with E-state index in [0.29, 0.717) is 0 Å². The van der Waals surface area contributed by atoms with Gasteiger partial charge in [0.2, 0.25) is 23.6 Å². The lowest BCUT2D eigenvalue weighted by atomic mass is 10.1. The molecule has 0 aromatic carbocycles. The van der Waals surface area contributed by atoms with E-state index in [9.17, 15) is 33.6 Å². The summed E-state index contributed by atoms with van der Waals surface area (Å²) in [7, 11) is 0. The third-order valence-electron chi connectivity index (χ3n) is 4.53. The van der Waals surface area contributed by atoms with E-state index in [4.69, 9.17) is 0 Å². The zero-order chi connectivity index (χ0) is 25.1. The van der Waals surface area contributed by atoms with Crippen LogP contribution in [0.2, 0.25) is 0 Å². The molecule has 0 aromatic rings. The van der Waals surface area contributed by atoms with Crippen molar-refractivity contribution in [3.05, 3.63) is 12.2 Å². The molecule has 13 heteroatoms. The summed E-state index contributed by atoms with van der Waals surface area (Å²) in [6.07, 6.45) is 1.97. The van der Waals surface area contributed by atoms with E-state index < -0.39 is 53.6 Å². The average molecular weight is 467 g/mol. The fraction of sp³-hybridized carbons (Fsp3) is 0.550. The van der Waals surface area contributed by atoms with Gasteiger partial charge in [-0.05, 0) is 13.8 Å². The van der Waals surface area contributed by atoms with Crippen LogP contribution in [0.1, 0.15) is 40.5 Å². The SMILES string of the molecule is CCC(=O)NCC(CC(=O)N[C@H](C)C(=O)N[C@H](C)C(=O)NCOC(C)=O)N1C(=O)C=CC1=O. The van der Waals surface area contributed by atoms with Gasteiger partial charge in [-0.3, -0.25) is 38.5 Å². The zero-order valence-corrected chi connectivity index (χ0v) is 18.9. The molecule has 13 nitrogen and oxygen atoms in total. The second kappa shape index (κ2) is 12.9. The number of nitrogens with zero attached hydrogens (tertiary/aromatic N) is 1. The maximum atomic E-state index is 12.5. The molecule has 0 saturated carbocycles. The quantitative estimate of drug-likeness (QED) is 0.142. The molecular formula is C20H29N5O8. The molecule has 1 aliphatic heterocycles. The molecular weight excluding hydrogens is 438 g/mol. The standard InChI is InChI=1S/C20H29N5O8/c1-5-15(27)21-9-14(25-17(29)6-7-18(25)30)8-16(28)23-12(3)20(32)24-11(2)19(31)22-10-33-13(4)26/h6-7,11-12,14H,5,8-10H2,1-4H3,(H,21,27)(H,22,31)(H,23,28)(H,24,32)/t11-,12-,14?/m1/s1. The first-order valence-electron chi connectivity index (χ1n) is 10.3. The van der Waals surface area contributed by atoms with Crippen LogP contribution >= 0.6 is 0 Å². The Morgan fingerprint density at radius 2 is 1.48 bits per heavy atom. The number of carbonyl (C=O) groups excluding carboxylic acids is 7. The zero-order valence-electron chi connectivity index (χ0n) is 18.9. The number of nitrogens with one attached hydrogen (secondary N) is 4. The molecule has 0 saturated heterocycles. The molecule has 0 radical (unpaired) electrons. The molecule has 1 unspecified atom stereocenters. The number of amides is 6. The van der Waals surface area contributed by atoms with Gasteiger partial charge < -0.3 is 26.0 Å². The van der Waals surface area contributed by atoms with Crippen LogP contribution < -0.4 is 21.3 Å². The number of ether oxygens (including phenoxy) is 1. The number of hydrogen-bond acceptors (Lipinski definition) is 8. The monoisotopic (exact) mass is 467 g/mol. The summed E-state index contributed by atoms with van der Waals surface area (Å²) in [6.45, 7) is 5.12. The molecule has 6 amide bonds. The third-order valence-corrected chi connectivity index (χ3v) is 4.53. The highest BCUT2D eigenvalue weighted by Crippen LogP contribution is 2.12. The second-order valence-electron chi connectivity index (χ2n) is 7.24. The van der Waals surface area contributed by atoms with Crippen LogP contribution in [0.25, 0.3) is 0 Å². The molecule has 0 fully saturated rings. The minimum absolute atomic E-state index is 0.126. The number of esters is 1. The van der Waals surface area contributed by atoms with Gasteiger partial charge in [-0.2, -0.15) is 0 Å². The number of hydrogen-bond donors (Lipinski definition) is 4. The first-order chi connectivity index (χ1) is 15.5. The summed E-state index contributed by atoms with van der Waals surface area (Å²) in [5, 5.41) is 9.68. The van der Waals surface area contributed by atoms with Crippen LogP contribution in [-0.2, 0) is 38.3 Å². The smallest absolute Gasteiger partial charge is 0.304 e. The van der Waals surface area contributed by atoms with Crippen molar-refractivity contribution in [1.29, 1.82) is 0 Å². The molecule has 182 valence electrons. The molecule has 1 heterocycles. The summed E-state index contributed by atoms with van der Waals surface area (Å²) in [5.74, 6) is -4.03. The summed E-state index contributed by atoms with van der Waals surface area (Å²) < 4.78 is 4.58. The Hall–Kier alpha value is -3.77. The van der Waals surface area contributed by atoms with Crippen LogP contribution in [0, 0.1) is 0 Å². The predicted octanol–water partition coefficient (Wildman–Crippen LogP) is -2.16. The fourth-order valence-electron chi connectivity index (χ4n) is 2.73. The van der Waals surface area contributed by atoms with Crippen molar-refractivity contribution in [3.8, 4) is 0 Å². The molecule has 0 spiro atoms. The van der Waals surface area contributed by atoms with E-state index in [1.807, 2.05) is 0 Å². The van der Waals surface area contributed by atoms with Crippen molar-refractivity contribution in [3.63, 3.8) is 0 Å². The lowest BCUT2D eigenvalue weighted by molar-refractivity contribution is -0.143. The number of carbonyl (C=O) groups is 7. The van der Waals surface area contributed by atoms with E-state index in [1.54, 1.807) is 6.92 Å². The maximum Gasteiger partial charge on any atom is 0.304 e. The Morgan fingerprint density at radius 3 is 2.03 bits per heavy atom. The third kappa shape index (κ3) is 9.09. The normalized spacial score (nSPS) is 15.3. The largest absolute Gasteiger partial charge is 0.445 e. The van der Waals surface area contributed by atoms with Gasteiger partial charge in [-0.1, -0.05) is 6.92 Å². The van der Waals surface area contributed by atoms with Gasteiger partial charge in [0.1, 0.15) is 12.1 Å². The molecule has 4 N–H and O–H groups in total.